The summed E-state index contributed by atoms with van der Waals surface area (Å²) in [6, 6.07) is 0.567. The van der Waals surface area contributed by atoms with Crippen molar-refractivity contribution in [2.24, 2.45) is 0 Å². The summed E-state index contributed by atoms with van der Waals surface area (Å²) in [5.41, 5.74) is 3.95. The highest BCUT2D eigenvalue weighted by Crippen LogP contribution is 2.48. The van der Waals surface area contributed by atoms with Crippen molar-refractivity contribution in [1.29, 1.82) is 0 Å². The summed E-state index contributed by atoms with van der Waals surface area (Å²) in [5, 5.41) is 3.68. The lowest BCUT2D eigenvalue weighted by Gasteiger charge is -2.32. The summed E-state index contributed by atoms with van der Waals surface area (Å²) < 4.78 is 17.9. The lowest BCUT2D eigenvalue weighted by Crippen LogP contribution is -2.36. The van der Waals surface area contributed by atoms with Crippen LogP contribution in [0.15, 0.2) is 0 Å². The van der Waals surface area contributed by atoms with Crippen LogP contribution in [0.5, 0.6) is 17.2 Å². The number of nitrogens with one attached hydrogen (secondary N) is 1. The smallest absolute Gasteiger partial charge is 0.167 e. The first-order valence-corrected chi connectivity index (χ1v) is 9.12. The van der Waals surface area contributed by atoms with Crippen molar-refractivity contribution >= 4 is 0 Å². The lowest BCUT2D eigenvalue weighted by molar-refractivity contribution is 0.249. The number of methoxy groups -OCH3 is 1. The molecule has 1 aromatic rings. The molecule has 0 aromatic heterocycles. The number of hydrogen-bond donors (Lipinski definition) is 1. The van der Waals surface area contributed by atoms with Crippen LogP contribution in [0.2, 0.25) is 0 Å². The Kier molecular flexibility index (Phi) is 4.34. The predicted molar refractivity (Wildman–Crippen MR) is 90.0 cm³/mol. The first kappa shape index (κ1) is 15.1. The Morgan fingerprint density at radius 1 is 1.00 bits per heavy atom. The van der Waals surface area contributed by atoms with Gasteiger partial charge in [0.05, 0.1) is 20.3 Å². The average Bonchev–Trinajstić information content (AvgIpc) is 2.62. The van der Waals surface area contributed by atoms with Gasteiger partial charge < -0.3 is 19.5 Å². The van der Waals surface area contributed by atoms with Crippen LogP contribution in [0, 0.1) is 0 Å². The van der Waals surface area contributed by atoms with Crippen molar-refractivity contribution < 1.29 is 14.2 Å². The van der Waals surface area contributed by atoms with Crippen molar-refractivity contribution in [2.75, 3.05) is 26.9 Å². The van der Waals surface area contributed by atoms with Gasteiger partial charge in [-0.25, -0.2) is 0 Å². The number of benzene rings is 1. The van der Waals surface area contributed by atoms with Crippen molar-refractivity contribution in [3.8, 4) is 17.2 Å². The summed E-state index contributed by atoms with van der Waals surface area (Å²) >= 11 is 0. The molecular weight excluding hydrogens is 290 g/mol. The van der Waals surface area contributed by atoms with Gasteiger partial charge in [-0.3, -0.25) is 0 Å². The fourth-order valence-corrected chi connectivity index (χ4v) is 4.27. The molecule has 0 bridgehead atoms. The molecule has 4 nitrogen and oxygen atoms in total. The van der Waals surface area contributed by atoms with Crippen LogP contribution >= 0.6 is 0 Å². The van der Waals surface area contributed by atoms with Crippen molar-refractivity contribution in [2.45, 2.75) is 57.4 Å². The molecule has 0 aliphatic carbocycles. The lowest BCUT2D eigenvalue weighted by atomic mass is 9.87. The zero-order chi connectivity index (χ0) is 15.6. The van der Waals surface area contributed by atoms with Crippen LogP contribution in [-0.2, 0) is 19.3 Å². The third-order valence-electron chi connectivity index (χ3n) is 5.37. The van der Waals surface area contributed by atoms with Gasteiger partial charge in [-0.2, -0.15) is 0 Å². The summed E-state index contributed by atoms with van der Waals surface area (Å²) in [6.45, 7) is 2.76. The third-order valence-corrected chi connectivity index (χ3v) is 5.37. The van der Waals surface area contributed by atoms with Crippen LogP contribution in [0.1, 0.15) is 48.8 Å². The van der Waals surface area contributed by atoms with E-state index in [-0.39, 0.29) is 0 Å². The predicted octanol–water partition coefficient (Wildman–Crippen LogP) is 3.03. The summed E-state index contributed by atoms with van der Waals surface area (Å²) in [5.74, 6) is 3.02. The highest BCUT2D eigenvalue weighted by atomic mass is 16.5. The highest BCUT2D eigenvalue weighted by Gasteiger charge is 2.31. The molecule has 4 rings (SSSR count). The Morgan fingerprint density at radius 3 is 2.52 bits per heavy atom. The normalized spacial score (nSPS) is 23.3. The Labute approximate surface area is 138 Å². The maximum atomic E-state index is 6.14. The molecule has 0 amide bonds. The second kappa shape index (κ2) is 6.60. The molecule has 1 unspecified atom stereocenters. The van der Waals surface area contributed by atoms with Crippen LogP contribution in [-0.4, -0.2) is 32.9 Å². The van der Waals surface area contributed by atoms with Crippen LogP contribution in [0.4, 0.5) is 0 Å². The van der Waals surface area contributed by atoms with Gasteiger partial charge in [0, 0.05) is 22.7 Å². The van der Waals surface area contributed by atoms with Gasteiger partial charge in [0.1, 0.15) is 5.75 Å². The molecule has 1 N–H and O–H groups in total. The van der Waals surface area contributed by atoms with Gasteiger partial charge in [0.15, 0.2) is 11.5 Å². The van der Waals surface area contributed by atoms with Crippen LogP contribution in [0.25, 0.3) is 0 Å². The summed E-state index contributed by atoms with van der Waals surface area (Å²) in [4.78, 5) is 0. The van der Waals surface area contributed by atoms with E-state index < -0.39 is 0 Å². The van der Waals surface area contributed by atoms with E-state index in [1.807, 2.05) is 0 Å². The molecular formula is C19H27NO3. The Bertz CT molecular complexity index is 541. The summed E-state index contributed by atoms with van der Waals surface area (Å²) in [6.07, 6.45) is 9.19. The van der Waals surface area contributed by atoms with E-state index in [1.54, 1.807) is 7.11 Å². The summed E-state index contributed by atoms with van der Waals surface area (Å²) in [7, 11) is 1.75. The molecule has 23 heavy (non-hydrogen) atoms. The molecule has 1 atom stereocenters. The monoisotopic (exact) mass is 317 g/mol. The van der Waals surface area contributed by atoms with Gasteiger partial charge in [-0.15, -0.1) is 0 Å². The molecule has 3 heterocycles. The molecule has 0 saturated carbocycles. The number of piperidine rings is 1. The van der Waals surface area contributed by atoms with Crippen molar-refractivity contribution in [1.82, 2.24) is 5.32 Å². The molecule has 1 saturated heterocycles. The number of ether oxygens (including phenoxy) is 3. The topological polar surface area (TPSA) is 39.7 Å². The maximum Gasteiger partial charge on any atom is 0.167 e. The second-order valence-corrected chi connectivity index (χ2v) is 6.88. The van der Waals surface area contributed by atoms with Gasteiger partial charge in [0.2, 0.25) is 0 Å². The number of fused-ring (bicyclic) bond motifs is 2. The average molecular weight is 317 g/mol. The zero-order valence-electron chi connectivity index (χ0n) is 14.1. The third kappa shape index (κ3) is 2.78. The Balaban J connectivity index is 1.79. The van der Waals surface area contributed by atoms with E-state index in [2.05, 4.69) is 5.32 Å². The fraction of sp³-hybridized carbons (Fsp3) is 0.684. The minimum Gasteiger partial charge on any atom is -0.493 e. The fourth-order valence-electron chi connectivity index (χ4n) is 4.27. The molecule has 4 heteroatoms. The van der Waals surface area contributed by atoms with Crippen molar-refractivity contribution in [3.05, 3.63) is 16.7 Å². The van der Waals surface area contributed by atoms with Gasteiger partial charge in [0.25, 0.3) is 0 Å². The highest BCUT2D eigenvalue weighted by molar-refractivity contribution is 5.64. The molecule has 3 aliphatic heterocycles. The van der Waals surface area contributed by atoms with E-state index in [0.29, 0.717) is 6.04 Å². The van der Waals surface area contributed by atoms with Gasteiger partial charge in [-0.1, -0.05) is 6.42 Å². The number of hydrogen-bond acceptors (Lipinski definition) is 4. The second-order valence-electron chi connectivity index (χ2n) is 6.88. The van der Waals surface area contributed by atoms with Crippen LogP contribution < -0.4 is 19.5 Å². The first-order chi connectivity index (χ1) is 11.4. The molecule has 1 aromatic carbocycles. The van der Waals surface area contributed by atoms with E-state index in [0.717, 1.165) is 69.1 Å². The van der Waals surface area contributed by atoms with E-state index in [4.69, 9.17) is 14.2 Å². The zero-order valence-corrected chi connectivity index (χ0v) is 14.1. The van der Waals surface area contributed by atoms with Gasteiger partial charge >= 0.3 is 0 Å². The van der Waals surface area contributed by atoms with E-state index in [1.165, 1.54) is 36.0 Å². The quantitative estimate of drug-likeness (QED) is 0.930. The maximum absolute atomic E-state index is 6.14. The van der Waals surface area contributed by atoms with Crippen molar-refractivity contribution in [3.63, 3.8) is 0 Å². The molecule has 3 aliphatic rings. The van der Waals surface area contributed by atoms with E-state index >= 15 is 0 Å². The Morgan fingerprint density at radius 2 is 1.78 bits per heavy atom. The standard InChI is InChI=1S/C19H27NO3/c1-21-18-15-8-5-10-22-17(15)16(12-13-6-2-3-9-20-13)14-7-4-11-23-19(14)18/h13,20H,2-12H2,1H3. The van der Waals surface area contributed by atoms with Gasteiger partial charge in [-0.05, 0) is 51.5 Å². The Hall–Kier alpha value is -1.42. The molecule has 0 radical (unpaired) electrons. The van der Waals surface area contributed by atoms with Crippen LogP contribution in [0.3, 0.4) is 0 Å². The SMILES string of the molecule is COc1c2c(c(CC3CCCCN3)c3c1OCCC3)OCCC2. The molecule has 0 spiro atoms. The first-order valence-electron chi connectivity index (χ1n) is 9.12. The largest absolute Gasteiger partial charge is 0.493 e. The minimum absolute atomic E-state index is 0.567. The minimum atomic E-state index is 0.567. The molecule has 126 valence electrons. The van der Waals surface area contributed by atoms with E-state index in [9.17, 15) is 0 Å². The molecule has 1 fully saturated rings. The number of rotatable bonds is 3.